The summed E-state index contributed by atoms with van der Waals surface area (Å²) in [6.45, 7) is 3.23. The number of aromatic nitrogens is 2. The first-order chi connectivity index (χ1) is 9.25. The van der Waals surface area contributed by atoms with Gasteiger partial charge in [0.05, 0.1) is 0 Å². The Morgan fingerprint density at radius 3 is 2.95 bits per heavy atom. The van der Waals surface area contributed by atoms with E-state index in [0.29, 0.717) is 0 Å². The lowest BCUT2D eigenvalue weighted by Crippen LogP contribution is -2.18. The van der Waals surface area contributed by atoms with Crippen molar-refractivity contribution in [2.75, 3.05) is 0 Å². The normalized spacial score (nSPS) is 18.3. The average Bonchev–Trinajstić information content (AvgIpc) is 2.75. The van der Waals surface area contributed by atoms with E-state index >= 15 is 0 Å². The summed E-state index contributed by atoms with van der Waals surface area (Å²) in [6.07, 6.45) is 8.30. The van der Waals surface area contributed by atoms with Gasteiger partial charge in [0.25, 0.3) is 0 Å². The largest absolute Gasteiger partial charge is 0.348 e. The van der Waals surface area contributed by atoms with E-state index in [4.69, 9.17) is 5.73 Å². The number of hydrogen-bond donors (Lipinski definition) is 1. The molecule has 0 amide bonds. The first kappa shape index (κ1) is 12.4. The number of rotatable bonds is 3. The molecule has 0 radical (unpaired) electrons. The van der Waals surface area contributed by atoms with Crippen molar-refractivity contribution in [1.82, 2.24) is 9.55 Å². The smallest absolute Gasteiger partial charge is 0.0313 e. The summed E-state index contributed by atoms with van der Waals surface area (Å²) in [5, 5.41) is 0. The molecule has 1 aliphatic carbocycles. The van der Waals surface area contributed by atoms with Crippen LogP contribution in [0.5, 0.6) is 0 Å². The van der Waals surface area contributed by atoms with Gasteiger partial charge in [-0.05, 0) is 61.9 Å². The summed E-state index contributed by atoms with van der Waals surface area (Å²) in [6, 6.07) is 6.71. The maximum absolute atomic E-state index is 6.21. The lowest BCUT2D eigenvalue weighted by Gasteiger charge is -2.21. The lowest BCUT2D eigenvalue weighted by molar-refractivity contribution is 0.536. The Morgan fingerprint density at radius 1 is 1.37 bits per heavy atom. The molecule has 2 aromatic rings. The Hall–Kier alpha value is -1.61. The number of aryl methyl sites for hydroxylation is 2. The number of pyridine rings is 1. The molecular weight excluding hydrogens is 234 g/mol. The fourth-order valence-electron chi connectivity index (χ4n) is 3.10. The number of nitrogens with zero attached hydrogens (tertiary/aromatic N) is 2. The zero-order valence-corrected chi connectivity index (χ0v) is 11.5. The number of fused-ring (bicyclic) bond motifs is 1. The van der Waals surface area contributed by atoms with Crippen LogP contribution in [0, 0.1) is 6.92 Å². The zero-order valence-electron chi connectivity index (χ0n) is 11.5. The Bertz CT molecular complexity index is 557. The van der Waals surface area contributed by atoms with E-state index in [0.717, 1.165) is 19.4 Å². The topological polar surface area (TPSA) is 43.8 Å². The first-order valence-electron chi connectivity index (χ1n) is 7.09. The van der Waals surface area contributed by atoms with Gasteiger partial charge in [0.1, 0.15) is 0 Å². The molecule has 0 bridgehead atoms. The minimum Gasteiger partial charge on any atom is -0.348 e. The van der Waals surface area contributed by atoms with E-state index in [1.54, 1.807) is 0 Å². The monoisotopic (exact) mass is 255 g/mol. The van der Waals surface area contributed by atoms with Gasteiger partial charge in [0.15, 0.2) is 0 Å². The Labute approximate surface area is 114 Å². The summed E-state index contributed by atoms with van der Waals surface area (Å²) in [5.74, 6) is 0. The minimum absolute atomic E-state index is 0.240. The Balaban J connectivity index is 1.81. The third kappa shape index (κ3) is 2.43. The second-order valence-electron chi connectivity index (χ2n) is 5.44. The van der Waals surface area contributed by atoms with Crippen LogP contribution in [-0.4, -0.2) is 9.55 Å². The van der Waals surface area contributed by atoms with E-state index in [9.17, 15) is 0 Å². The van der Waals surface area contributed by atoms with Crippen LogP contribution in [0.15, 0.2) is 30.6 Å². The minimum atomic E-state index is 0.240. The summed E-state index contributed by atoms with van der Waals surface area (Å²) in [4.78, 5) is 4.06. The van der Waals surface area contributed by atoms with Crippen LogP contribution in [0.4, 0.5) is 0 Å². The van der Waals surface area contributed by atoms with Crippen molar-refractivity contribution in [1.29, 1.82) is 0 Å². The highest BCUT2D eigenvalue weighted by Crippen LogP contribution is 2.30. The van der Waals surface area contributed by atoms with Crippen LogP contribution in [0.25, 0.3) is 0 Å². The van der Waals surface area contributed by atoms with Gasteiger partial charge in [-0.3, -0.25) is 4.98 Å². The molecule has 2 aromatic heterocycles. The molecule has 0 saturated carbocycles. The summed E-state index contributed by atoms with van der Waals surface area (Å²) in [5.41, 5.74) is 11.7. The molecule has 100 valence electrons. The van der Waals surface area contributed by atoms with Crippen molar-refractivity contribution < 1.29 is 0 Å². The van der Waals surface area contributed by atoms with Gasteiger partial charge in [-0.2, -0.15) is 0 Å². The van der Waals surface area contributed by atoms with Crippen LogP contribution in [0.2, 0.25) is 0 Å². The van der Waals surface area contributed by atoms with Crippen molar-refractivity contribution in [2.45, 2.75) is 45.2 Å². The zero-order chi connectivity index (χ0) is 13.2. The van der Waals surface area contributed by atoms with Gasteiger partial charge in [-0.25, -0.2) is 0 Å². The second-order valence-corrected chi connectivity index (χ2v) is 5.44. The Morgan fingerprint density at radius 2 is 2.16 bits per heavy atom. The third-order valence-electron chi connectivity index (χ3n) is 4.15. The predicted molar refractivity (Wildman–Crippen MR) is 77.0 cm³/mol. The van der Waals surface area contributed by atoms with E-state index in [-0.39, 0.29) is 6.04 Å². The van der Waals surface area contributed by atoms with Gasteiger partial charge >= 0.3 is 0 Å². The molecular formula is C16H21N3. The second kappa shape index (κ2) is 5.17. The average molecular weight is 255 g/mol. The fraction of sp³-hybridized carbons (Fsp3) is 0.438. The lowest BCUT2D eigenvalue weighted by atomic mass is 9.93. The van der Waals surface area contributed by atoms with Crippen molar-refractivity contribution in [2.24, 2.45) is 5.73 Å². The summed E-state index contributed by atoms with van der Waals surface area (Å²) >= 11 is 0. The fourth-order valence-corrected chi connectivity index (χ4v) is 3.10. The van der Waals surface area contributed by atoms with Gasteiger partial charge < -0.3 is 10.3 Å². The molecule has 1 aliphatic rings. The highest BCUT2D eigenvalue weighted by atomic mass is 15.0. The molecule has 1 unspecified atom stereocenters. The van der Waals surface area contributed by atoms with Crippen molar-refractivity contribution in [3.05, 3.63) is 53.1 Å². The molecule has 0 spiro atoms. The van der Waals surface area contributed by atoms with Crippen LogP contribution >= 0.6 is 0 Å². The maximum atomic E-state index is 6.21. The highest BCUT2D eigenvalue weighted by molar-refractivity contribution is 5.32. The molecule has 0 aromatic carbocycles. The van der Waals surface area contributed by atoms with Crippen LogP contribution in [0.3, 0.4) is 0 Å². The van der Waals surface area contributed by atoms with Gasteiger partial charge in [0.2, 0.25) is 0 Å². The van der Waals surface area contributed by atoms with Gasteiger partial charge in [-0.1, -0.05) is 0 Å². The Kier molecular flexibility index (Phi) is 3.38. The summed E-state index contributed by atoms with van der Waals surface area (Å²) < 4.78 is 2.45. The molecule has 3 rings (SSSR count). The molecule has 0 aliphatic heterocycles. The SMILES string of the molecule is Cc1cc2c(n1CCc1ccncc1)CCCC2N. The highest BCUT2D eigenvalue weighted by Gasteiger charge is 2.21. The quantitative estimate of drug-likeness (QED) is 0.916. The molecule has 0 fully saturated rings. The van der Waals surface area contributed by atoms with Crippen molar-refractivity contribution >= 4 is 0 Å². The standard InChI is InChI=1S/C16H21N3/c1-12-11-14-15(17)3-2-4-16(14)19(12)10-7-13-5-8-18-9-6-13/h5-6,8-9,11,15H,2-4,7,10,17H2,1H3. The molecule has 2 N–H and O–H groups in total. The summed E-state index contributed by atoms with van der Waals surface area (Å²) in [7, 11) is 0. The number of hydrogen-bond acceptors (Lipinski definition) is 2. The number of nitrogens with two attached hydrogens (primary N) is 1. The molecule has 0 saturated heterocycles. The van der Waals surface area contributed by atoms with Gasteiger partial charge in [-0.15, -0.1) is 0 Å². The van der Waals surface area contributed by atoms with Crippen LogP contribution < -0.4 is 5.73 Å². The van der Waals surface area contributed by atoms with E-state index in [1.165, 1.54) is 35.4 Å². The van der Waals surface area contributed by atoms with Crippen LogP contribution in [0.1, 0.15) is 41.4 Å². The molecule has 19 heavy (non-hydrogen) atoms. The molecule has 3 heteroatoms. The maximum Gasteiger partial charge on any atom is 0.0313 e. The van der Waals surface area contributed by atoms with Crippen molar-refractivity contribution in [3.63, 3.8) is 0 Å². The third-order valence-corrected chi connectivity index (χ3v) is 4.15. The van der Waals surface area contributed by atoms with Crippen LogP contribution in [-0.2, 0) is 19.4 Å². The molecule has 3 nitrogen and oxygen atoms in total. The molecule has 1 atom stereocenters. The molecule has 2 heterocycles. The van der Waals surface area contributed by atoms with E-state index < -0.39 is 0 Å². The van der Waals surface area contributed by atoms with Gasteiger partial charge in [0, 0.05) is 36.4 Å². The van der Waals surface area contributed by atoms with E-state index in [2.05, 4.69) is 34.7 Å². The van der Waals surface area contributed by atoms with Crippen molar-refractivity contribution in [3.8, 4) is 0 Å². The first-order valence-corrected chi connectivity index (χ1v) is 7.09. The van der Waals surface area contributed by atoms with E-state index in [1.807, 2.05) is 12.4 Å². The predicted octanol–water partition coefficient (Wildman–Crippen LogP) is 2.77.